The Morgan fingerprint density at radius 2 is 2.07 bits per heavy atom. The molecule has 1 aliphatic carbocycles. The van der Waals surface area contributed by atoms with E-state index in [0.29, 0.717) is 11.4 Å². The van der Waals surface area contributed by atoms with Gasteiger partial charge in [0, 0.05) is 36.3 Å². The Morgan fingerprint density at radius 1 is 1.17 bits per heavy atom. The number of thiophene rings is 1. The molecule has 1 saturated carbocycles. The second kappa shape index (κ2) is 7.87. The van der Waals surface area contributed by atoms with E-state index < -0.39 is 5.82 Å². The summed E-state index contributed by atoms with van der Waals surface area (Å²) in [4.78, 5) is 21.7. The number of aliphatic imine (C=N–C) groups is 1. The molecule has 0 bridgehead atoms. The number of halogens is 1. The average molecular weight is 422 g/mol. The van der Waals surface area contributed by atoms with Crippen molar-refractivity contribution in [2.45, 2.75) is 31.7 Å². The Morgan fingerprint density at radius 3 is 2.83 bits per heavy atom. The minimum Gasteiger partial charge on any atom is -0.453 e. The largest absolute Gasteiger partial charge is 0.453 e. The van der Waals surface area contributed by atoms with E-state index in [1.807, 2.05) is 12.3 Å². The molecule has 1 fully saturated rings. The maximum absolute atomic E-state index is 14.6. The van der Waals surface area contributed by atoms with Crippen LogP contribution in [-0.4, -0.2) is 23.3 Å². The van der Waals surface area contributed by atoms with Crippen LogP contribution in [0, 0.1) is 5.82 Å². The zero-order valence-electron chi connectivity index (χ0n) is 16.0. The van der Waals surface area contributed by atoms with Crippen LogP contribution in [-0.2, 0) is 0 Å². The molecule has 6 nitrogen and oxygen atoms in total. The number of benzene rings is 1. The van der Waals surface area contributed by atoms with Gasteiger partial charge in [0.05, 0.1) is 20.8 Å². The molecular weight excluding hydrogens is 403 g/mol. The normalized spacial score (nSPS) is 15.7. The Bertz CT molecular complexity index is 1180. The van der Waals surface area contributed by atoms with Crippen LogP contribution >= 0.6 is 11.3 Å². The molecule has 3 heterocycles. The van der Waals surface area contributed by atoms with E-state index in [4.69, 9.17) is 4.74 Å². The Labute approximate surface area is 176 Å². The number of aromatic nitrogens is 1. The third kappa shape index (κ3) is 4.04. The lowest BCUT2D eigenvalue weighted by Crippen LogP contribution is -2.30. The highest BCUT2D eigenvalue weighted by atomic mass is 32.1. The monoisotopic (exact) mass is 422 g/mol. The van der Waals surface area contributed by atoms with Crippen molar-refractivity contribution in [1.29, 1.82) is 0 Å². The number of hydrogen-bond donors (Lipinski definition) is 2. The second-order valence-corrected chi connectivity index (χ2v) is 8.28. The molecule has 8 heteroatoms. The molecule has 0 radical (unpaired) electrons. The molecule has 1 aromatic carbocycles. The fourth-order valence-corrected chi connectivity index (χ4v) is 4.21. The van der Waals surface area contributed by atoms with Crippen LogP contribution in [0.15, 0.2) is 47.6 Å². The smallest absolute Gasteiger partial charge is 0.319 e. The molecule has 152 valence electrons. The first-order chi connectivity index (χ1) is 14.7. The van der Waals surface area contributed by atoms with Gasteiger partial charge in [-0.25, -0.2) is 9.18 Å². The number of pyridine rings is 1. The van der Waals surface area contributed by atoms with Crippen LogP contribution < -0.4 is 15.4 Å². The second-order valence-electron chi connectivity index (χ2n) is 7.23. The van der Waals surface area contributed by atoms with Gasteiger partial charge in [-0.1, -0.05) is 6.08 Å². The average Bonchev–Trinajstić information content (AvgIpc) is 3.44. The van der Waals surface area contributed by atoms with Crippen molar-refractivity contribution >= 4 is 45.2 Å². The zero-order chi connectivity index (χ0) is 20.5. The van der Waals surface area contributed by atoms with Gasteiger partial charge >= 0.3 is 6.03 Å². The highest BCUT2D eigenvalue weighted by Gasteiger charge is 2.23. The predicted molar refractivity (Wildman–Crippen MR) is 117 cm³/mol. The number of nitrogens with one attached hydrogen (secondary N) is 2. The van der Waals surface area contributed by atoms with Gasteiger partial charge < -0.3 is 15.4 Å². The van der Waals surface area contributed by atoms with Gasteiger partial charge in [-0.05, 0) is 43.9 Å². The summed E-state index contributed by atoms with van der Waals surface area (Å²) in [6, 6.07) is 7.98. The van der Waals surface area contributed by atoms with Gasteiger partial charge in [0.25, 0.3) is 0 Å². The lowest BCUT2D eigenvalue weighted by molar-refractivity contribution is 0.251. The van der Waals surface area contributed by atoms with E-state index in [2.05, 4.69) is 26.7 Å². The van der Waals surface area contributed by atoms with Gasteiger partial charge in [0.15, 0.2) is 11.6 Å². The van der Waals surface area contributed by atoms with Crippen LogP contribution in [0.1, 0.15) is 30.6 Å². The van der Waals surface area contributed by atoms with E-state index in [0.717, 1.165) is 46.5 Å². The summed E-state index contributed by atoms with van der Waals surface area (Å²) in [5.74, 6) is 0.0591. The summed E-state index contributed by atoms with van der Waals surface area (Å²) in [6.07, 6.45) is 9.56. The minimum atomic E-state index is -0.555. The van der Waals surface area contributed by atoms with Gasteiger partial charge in [0.1, 0.15) is 5.75 Å². The van der Waals surface area contributed by atoms with Crippen molar-refractivity contribution in [1.82, 2.24) is 10.3 Å². The van der Waals surface area contributed by atoms with E-state index in [-0.39, 0.29) is 17.8 Å². The lowest BCUT2D eigenvalue weighted by Gasteiger charge is -2.10. The highest BCUT2D eigenvalue weighted by molar-refractivity contribution is 7.20. The van der Waals surface area contributed by atoms with E-state index in [9.17, 15) is 9.18 Å². The quantitative estimate of drug-likeness (QED) is 0.552. The van der Waals surface area contributed by atoms with Crippen LogP contribution in [0.2, 0.25) is 0 Å². The van der Waals surface area contributed by atoms with Gasteiger partial charge in [-0.3, -0.25) is 9.98 Å². The highest BCUT2D eigenvalue weighted by Crippen LogP contribution is 2.39. The predicted octanol–water partition coefficient (Wildman–Crippen LogP) is 5.72. The van der Waals surface area contributed by atoms with Crippen LogP contribution in [0.4, 0.5) is 14.9 Å². The van der Waals surface area contributed by atoms with Crippen molar-refractivity contribution in [3.8, 4) is 11.5 Å². The minimum absolute atomic E-state index is 0.0838. The Hall–Kier alpha value is -3.26. The number of urea groups is 1. The molecular formula is C22H19FN4O2S. The number of carbonyl (C=O) groups excluding carboxylic acids is 1. The molecule has 30 heavy (non-hydrogen) atoms. The van der Waals surface area contributed by atoms with E-state index in [1.165, 1.54) is 23.5 Å². The van der Waals surface area contributed by atoms with Crippen LogP contribution in [0.25, 0.3) is 15.9 Å². The summed E-state index contributed by atoms with van der Waals surface area (Å²) in [5, 5.41) is 5.44. The molecule has 2 N–H and O–H groups in total. The Kier molecular flexibility index (Phi) is 4.92. The van der Waals surface area contributed by atoms with Crippen molar-refractivity contribution < 1.29 is 13.9 Å². The molecule has 1 aliphatic heterocycles. The molecule has 0 saturated heterocycles. The molecule has 2 aromatic heterocycles. The summed E-state index contributed by atoms with van der Waals surface area (Å²) in [7, 11) is 0. The first-order valence-electron chi connectivity index (χ1n) is 9.82. The molecule has 2 amide bonds. The van der Waals surface area contributed by atoms with Crippen LogP contribution in [0.3, 0.4) is 0 Å². The summed E-state index contributed by atoms with van der Waals surface area (Å²) < 4.78 is 21.3. The lowest BCUT2D eigenvalue weighted by atomic mass is 10.2. The molecule has 3 aromatic rings. The summed E-state index contributed by atoms with van der Waals surface area (Å²) >= 11 is 1.52. The van der Waals surface area contributed by atoms with E-state index >= 15 is 0 Å². The van der Waals surface area contributed by atoms with Crippen molar-refractivity contribution in [2.24, 2.45) is 4.99 Å². The Balaban J connectivity index is 1.37. The molecule has 0 unspecified atom stereocenters. The maximum Gasteiger partial charge on any atom is 0.319 e. The number of carbonyl (C=O) groups is 1. The summed E-state index contributed by atoms with van der Waals surface area (Å²) in [6.45, 7) is 0. The fourth-order valence-electron chi connectivity index (χ4n) is 3.16. The van der Waals surface area contributed by atoms with Crippen molar-refractivity contribution in [3.63, 3.8) is 0 Å². The first kappa shape index (κ1) is 18.7. The third-order valence-electron chi connectivity index (χ3n) is 4.81. The number of allylic oxidation sites excluding steroid dienone is 1. The number of hydrogen-bond acceptors (Lipinski definition) is 5. The van der Waals surface area contributed by atoms with E-state index in [1.54, 1.807) is 18.3 Å². The SMILES string of the molecule is O=C(Nc1ccc(Oc2ccnc3cc(C4=CCCC=N4)sc23)c(F)c1)NC1CC1. The zero-order valence-corrected chi connectivity index (χ0v) is 16.8. The van der Waals surface area contributed by atoms with Gasteiger partial charge in [0.2, 0.25) is 0 Å². The number of rotatable bonds is 5. The molecule has 2 aliphatic rings. The number of fused-ring (bicyclic) bond motifs is 1. The number of anilines is 1. The van der Waals surface area contributed by atoms with Gasteiger partial charge in [-0.2, -0.15) is 0 Å². The standard InChI is InChI=1S/C22H19FN4O2S/c23-15-11-14(27-22(28)26-13-4-5-13)6-7-18(15)29-19-8-10-25-17-12-20(30-21(17)19)16-3-1-2-9-24-16/h3,6-13H,1-2,4-5H2,(H2,26,27,28). The molecule has 0 atom stereocenters. The molecule has 0 spiro atoms. The molecule has 5 rings (SSSR count). The van der Waals surface area contributed by atoms with Gasteiger partial charge in [-0.15, -0.1) is 11.3 Å². The number of ether oxygens (including phenoxy) is 1. The third-order valence-corrected chi connectivity index (χ3v) is 5.98. The topological polar surface area (TPSA) is 75.6 Å². The van der Waals surface area contributed by atoms with Crippen molar-refractivity contribution in [2.75, 3.05) is 5.32 Å². The number of nitrogens with zero attached hydrogens (tertiary/aromatic N) is 2. The first-order valence-corrected chi connectivity index (χ1v) is 10.6. The fraction of sp³-hybridized carbons (Fsp3) is 0.227. The van der Waals surface area contributed by atoms with Crippen LogP contribution in [0.5, 0.6) is 11.5 Å². The van der Waals surface area contributed by atoms with Crippen molar-refractivity contribution in [3.05, 3.63) is 53.3 Å². The number of amides is 2. The summed E-state index contributed by atoms with van der Waals surface area (Å²) in [5.41, 5.74) is 2.09. The maximum atomic E-state index is 14.6.